The summed E-state index contributed by atoms with van der Waals surface area (Å²) in [6.07, 6.45) is 8.21. The molecule has 0 saturated carbocycles. The molecule has 0 amide bonds. The zero-order valence-electron chi connectivity index (χ0n) is 18.0. The summed E-state index contributed by atoms with van der Waals surface area (Å²) >= 11 is 1.44. The molecule has 0 heterocycles. The fraction of sp³-hybridized carbons (Fsp3) is 0.200. The Morgan fingerprint density at radius 2 is 1.72 bits per heavy atom. The van der Waals surface area contributed by atoms with Crippen molar-refractivity contribution >= 4 is 23.4 Å². The van der Waals surface area contributed by atoms with Crippen LogP contribution in [0.2, 0.25) is 0 Å². The van der Waals surface area contributed by atoms with Crippen molar-refractivity contribution in [1.29, 1.82) is 0 Å². The molecular weight excluding hydrogens is 426 g/mol. The number of nitrogens with one attached hydrogen (secondary N) is 1. The van der Waals surface area contributed by atoms with Gasteiger partial charge in [0, 0.05) is 17.7 Å². The van der Waals surface area contributed by atoms with Crippen molar-refractivity contribution in [2.24, 2.45) is 0 Å². The smallest absolute Gasteiger partial charge is 0.281 e. The summed E-state index contributed by atoms with van der Waals surface area (Å²) in [5.41, 5.74) is 3.15. The van der Waals surface area contributed by atoms with Crippen molar-refractivity contribution in [3.05, 3.63) is 88.9 Å². The topological polar surface area (TPSA) is 101 Å². The first-order chi connectivity index (χ1) is 15.4. The van der Waals surface area contributed by atoms with Gasteiger partial charge in [0.25, 0.3) is 5.95 Å². The minimum Gasteiger partial charge on any atom is -0.507 e. The summed E-state index contributed by atoms with van der Waals surface area (Å²) < 4.78 is 9.16. The highest BCUT2D eigenvalue weighted by atomic mass is 32.2. The molecule has 7 heteroatoms. The summed E-state index contributed by atoms with van der Waals surface area (Å²) in [6.45, 7) is 3.79. The Bertz CT molecular complexity index is 1090. The van der Waals surface area contributed by atoms with E-state index in [4.69, 9.17) is 14.9 Å². The van der Waals surface area contributed by atoms with Crippen molar-refractivity contribution in [1.82, 2.24) is 0 Å². The molecule has 32 heavy (non-hydrogen) atoms. The summed E-state index contributed by atoms with van der Waals surface area (Å²) in [7, 11) is 0. The number of phenolic OH excluding ortho intramolecular Hbond substituents is 1. The van der Waals surface area contributed by atoms with Gasteiger partial charge in [0.2, 0.25) is 5.71 Å². The number of hydrogen-bond acceptors (Lipinski definition) is 6. The zero-order valence-corrected chi connectivity index (χ0v) is 18.8. The van der Waals surface area contributed by atoms with Gasteiger partial charge in [0.1, 0.15) is 18.1 Å². The van der Waals surface area contributed by atoms with Gasteiger partial charge < -0.3 is 20.1 Å². The lowest BCUT2D eigenvalue weighted by atomic mass is 10.0. The van der Waals surface area contributed by atoms with Crippen LogP contribution in [-0.4, -0.2) is 26.8 Å². The van der Waals surface area contributed by atoms with E-state index in [0.29, 0.717) is 35.5 Å². The van der Waals surface area contributed by atoms with Gasteiger partial charge in [0.15, 0.2) is 17.7 Å². The normalized spacial score (nSPS) is 12.7. The molecule has 0 saturated heterocycles. The number of allylic oxidation sites excluding steroid dienone is 5. The standard InChI is InChI=1S/C25H25NO5S/c1-3-4-22-23(14-13-21(16(2)27)24(22)28)31-15-17-5-11-20(12-6-17)32-26-19-9-7-18(8-10-19)25(29)30/h5-14,28-30H,3-4,15H2,1-2H3/p+1. The van der Waals surface area contributed by atoms with Crippen molar-refractivity contribution in [3.8, 4) is 11.5 Å². The molecule has 4 N–H and O–H groups in total. The van der Waals surface area contributed by atoms with Crippen molar-refractivity contribution in [2.75, 3.05) is 0 Å². The van der Waals surface area contributed by atoms with Gasteiger partial charge in [-0.3, -0.25) is 4.79 Å². The number of aromatic hydroxyl groups is 1. The van der Waals surface area contributed by atoms with Crippen LogP contribution in [0.3, 0.4) is 0 Å². The van der Waals surface area contributed by atoms with E-state index in [9.17, 15) is 9.90 Å². The molecular formula is C25H26NO5S+. The second kappa shape index (κ2) is 10.7. The lowest BCUT2D eigenvalue weighted by Crippen LogP contribution is -2.62. The molecule has 166 valence electrons. The van der Waals surface area contributed by atoms with E-state index in [-0.39, 0.29) is 11.5 Å². The maximum atomic E-state index is 11.7. The average molecular weight is 453 g/mol. The summed E-state index contributed by atoms with van der Waals surface area (Å²) in [5.74, 6) is -0.276. The Morgan fingerprint density at radius 1 is 1.03 bits per heavy atom. The highest BCUT2D eigenvalue weighted by Gasteiger charge is 2.16. The number of rotatable bonds is 8. The van der Waals surface area contributed by atoms with Crippen LogP contribution in [0.15, 0.2) is 77.1 Å². The molecule has 3 rings (SSSR count). The summed E-state index contributed by atoms with van der Waals surface area (Å²) in [6, 6.07) is 11.2. The zero-order chi connectivity index (χ0) is 23.1. The molecule has 0 aromatic heterocycles. The van der Waals surface area contributed by atoms with Crippen LogP contribution in [0.5, 0.6) is 11.5 Å². The number of aliphatic hydroxyl groups excluding tert-OH is 1. The second-order valence-electron chi connectivity index (χ2n) is 7.28. The number of hydrogen-bond donors (Lipinski definition) is 4. The van der Waals surface area contributed by atoms with Gasteiger partial charge in [-0.25, -0.2) is 0 Å². The fourth-order valence-electron chi connectivity index (χ4n) is 3.15. The quantitative estimate of drug-likeness (QED) is 0.273. The highest BCUT2D eigenvalue weighted by Crippen LogP contribution is 2.33. The van der Waals surface area contributed by atoms with E-state index in [1.165, 1.54) is 18.9 Å². The van der Waals surface area contributed by atoms with Gasteiger partial charge >= 0.3 is 0 Å². The molecule has 0 aliphatic heterocycles. The number of carbonyl (C=O) groups excluding carboxylic acids is 1. The van der Waals surface area contributed by atoms with Crippen LogP contribution >= 0.6 is 11.9 Å². The third-order valence-corrected chi connectivity index (χ3v) is 5.71. The van der Waals surface area contributed by atoms with Gasteiger partial charge in [0.05, 0.1) is 16.0 Å². The Kier molecular flexibility index (Phi) is 7.78. The molecule has 1 aliphatic carbocycles. The van der Waals surface area contributed by atoms with Crippen molar-refractivity contribution < 1.29 is 29.2 Å². The number of aliphatic hydroxyl groups is 2. The van der Waals surface area contributed by atoms with Crippen LogP contribution in [0.4, 0.5) is 0 Å². The fourth-order valence-corrected chi connectivity index (χ4v) is 3.79. The number of ether oxygens (including phenoxy) is 1. The Labute approximate surface area is 191 Å². The van der Waals surface area contributed by atoms with Crippen LogP contribution in [0.1, 0.15) is 41.8 Å². The Balaban J connectivity index is 1.63. The Hall–Kier alpha value is -3.45. The molecule has 2 aromatic rings. The maximum Gasteiger partial charge on any atom is 0.281 e. The first kappa shape index (κ1) is 23.2. The molecule has 0 fully saturated rings. The number of Topliss-reactive ketones (excluding diaryl/α,β-unsaturated/α-hetero) is 1. The third-order valence-electron chi connectivity index (χ3n) is 4.87. The molecule has 0 atom stereocenters. The van der Waals surface area contributed by atoms with Crippen LogP contribution < -0.4 is 9.13 Å². The predicted molar refractivity (Wildman–Crippen MR) is 125 cm³/mol. The van der Waals surface area contributed by atoms with Crippen LogP contribution in [0.25, 0.3) is 0 Å². The minimum absolute atomic E-state index is 0.00907. The van der Waals surface area contributed by atoms with Crippen LogP contribution in [-0.2, 0) is 13.0 Å². The second-order valence-corrected chi connectivity index (χ2v) is 8.16. The van der Waals surface area contributed by atoms with Gasteiger partial charge in [-0.1, -0.05) is 25.5 Å². The first-order valence-electron chi connectivity index (χ1n) is 10.2. The van der Waals surface area contributed by atoms with E-state index in [2.05, 4.69) is 4.40 Å². The van der Waals surface area contributed by atoms with E-state index in [1.54, 1.807) is 36.4 Å². The largest absolute Gasteiger partial charge is 0.507 e. The predicted octanol–water partition coefficient (Wildman–Crippen LogP) is 4.11. The van der Waals surface area contributed by atoms with Gasteiger partial charge in [-0.05, 0) is 55.3 Å². The number of carbonyl (C=O) groups is 1. The molecule has 0 radical (unpaired) electrons. The van der Waals surface area contributed by atoms with Crippen molar-refractivity contribution in [3.63, 3.8) is 0 Å². The molecule has 2 aromatic carbocycles. The molecule has 0 spiro atoms. The molecule has 0 unspecified atom stereocenters. The van der Waals surface area contributed by atoms with E-state index < -0.39 is 5.95 Å². The number of phenols is 1. The van der Waals surface area contributed by atoms with Crippen molar-refractivity contribution in [2.45, 2.75) is 38.2 Å². The summed E-state index contributed by atoms with van der Waals surface area (Å²) in [4.78, 5) is 12.7. The summed E-state index contributed by atoms with van der Waals surface area (Å²) in [5, 5.41) is 28.6. The van der Waals surface area contributed by atoms with Gasteiger partial charge in [-0.15, -0.1) is 0 Å². The van der Waals surface area contributed by atoms with E-state index in [1.807, 2.05) is 31.2 Å². The lowest BCUT2D eigenvalue weighted by molar-refractivity contribution is -0.241. The van der Waals surface area contributed by atoms with E-state index >= 15 is 0 Å². The molecule has 6 nitrogen and oxygen atoms in total. The SMILES string of the molecule is CCCc1c(OCc2ccc(S[NH+]=C3C=CC(=C(O)O)C=C3)cc2)ccc(C(C)=O)c1O. The number of ketones is 1. The first-order valence-corrected chi connectivity index (χ1v) is 11.1. The average Bonchev–Trinajstić information content (AvgIpc) is 2.79. The third kappa shape index (κ3) is 5.82. The number of benzene rings is 2. The minimum atomic E-state index is -0.700. The van der Waals surface area contributed by atoms with Gasteiger partial charge in [-0.2, -0.15) is 4.40 Å². The lowest BCUT2D eigenvalue weighted by Gasteiger charge is -2.14. The maximum absolute atomic E-state index is 11.7. The van der Waals surface area contributed by atoms with E-state index in [0.717, 1.165) is 22.6 Å². The molecule has 0 bridgehead atoms. The monoisotopic (exact) mass is 452 g/mol. The highest BCUT2D eigenvalue weighted by molar-refractivity contribution is 7.92. The van der Waals surface area contributed by atoms with Crippen LogP contribution in [0, 0.1) is 0 Å². The molecule has 1 aliphatic rings. The Morgan fingerprint density at radius 3 is 2.31 bits per heavy atom.